The van der Waals surface area contributed by atoms with Gasteiger partial charge in [-0.25, -0.2) is 4.79 Å². The number of pyridine rings is 1. The van der Waals surface area contributed by atoms with Crippen molar-refractivity contribution < 1.29 is 9.90 Å². The van der Waals surface area contributed by atoms with Crippen molar-refractivity contribution in [1.29, 1.82) is 0 Å². The van der Waals surface area contributed by atoms with E-state index < -0.39 is 5.97 Å². The number of rotatable bonds is 1. The van der Waals surface area contributed by atoms with E-state index in [-0.39, 0.29) is 5.56 Å². The van der Waals surface area contributed by atoms with Gasteiger partial charge in [0.2, 0.25) is 0 Å². The van der Waals surface area contributed by atoms with Crippen molar-refractivity contribution in [2.24, 2.45) is 0 Å². The largest absolute Gasteiger partial charge is 0.478 e. The molecule has 0 spiro atoms. The van der Waals surface area contributed by atoms with E-state index in [9.17, 15) is 4.79 Å². The van der Waals surface area contributed by atoms with Gasteiger partial charge in [-0.05, 0) is 17.7 Å². The Hall–Kier alpha value is -1.32. The van der Waals surface area contributed by atoms with E-state index in [0.717, 1.165) is 5.59 Å². The molecular formula is C6H6BNO2. The number of carboxylic acid groups (broad SMARTS) is 1. The third-order valence-electron chi connectivity index (χ3n) is 1.14. The van der Waals surface area contributed by atoms with E-state index in [4.69, 9.17) is 5.11 Å². The van der Waals surface area contributed by atoms with Gasteiger partial charge >= 0.3 is 5.97 Å². The molecule has 0 aliphatic carbocycles. The molecule has 0 amide bonds. The highest BCUT2D eigenvalue weighted by atomic mass is 16.4. The number of hydrogen-bond acceptors (Lipinski definition) is 2. The molecular weight excluding hydrogens is 129 g/mol. The fraction of sp³-hybridized carbons (Fsp3) is 0. The summed E-state index contributed by atoms with van der Waals surface area (Å²) in [5, 5.41) is 8.48. The number of carboxylic acids is 1. The summed E-state index contributed by atoms with van der Waals surface area (Å²) in [7, 11) is 1.76. The number of carbonyl (C=O) groups is 1. The Kier molecular flexibility index (Phi) is 1.71. The fourth-order valence-electron chi connectivity index (χ4n) is 0.679. The lowest BCUT2D eigenvalue weighted by molar-refractivity contribution is 0.0697. The molecule has 0 saturated heterocycles. The van der Waals surface area contributed by atoms with Gasteiger partial charge in [0.05, 0.1) is 5.56 Å². The quantitative estimate of drug-likeness (QED) is 0.504. The maximum absolute atomic E-state index is 10.3. The zero-order valence-electron chi connectivity index (χ0n) is 5.53. The highest BCUT2D eigenvalue weighted by molar-refractivity contribution is 6.30. The predicted molar refractivity (Wildman–Crippen MR) is 39.4 cm³/mol. The SMILES string of the molecule is Bc1cc(C(=O)O)ccn1. The van der Waals surface area contributed by atoms with Gasteiger partial charge in [0.25, 0.3) is 0 Å². The molecule has 0 aliphatic heterocycles. The third-order valence-corrected chi connectivity index (χ3v) is 1.14. The molecule has 1 aromatic heterocycles. The first-order chi connectivity index (χ1) is 4.70. The van der Waals surface area contributed by atoms with Gasteiger partial charge in [-0.15, -0.1) is 0 Å². The monoisotopic (exact) mass is 135 g/mol. The Morgan fingerprint density at radius 2 is 2.40 bits per heavy atom. The summed E-state index contributed by atoms with van der Waals surface area (Å²) in [4.78, 5) is 14.2. The lowest BCUT2D eigenvalue weighted by Crippen LogP contribution is -2.10. The van der Waals surface area contributed by atoms with E-state index >= 15 is 0 Å². The normalized spacial score (nSPS) is 9.20. The van der Waals surface area contributed by atoms with Crippen molar-refractivity contribution in [3.05, 3.63) is 23.9 Å². The van der Waals surface area contributed by atoms with Gasteiger partial charge < -0.3 is 5.11 Å². The van der Waals surface area contributed by atoms with Crippen molar-refractivity contribution in [2.75, 3.05) is 0 Å². The van der Waals surface area contributed by atoms with Crippen LogP contribution < -0.4 is 5.59 Å². The highest BCUT2D eigenvalue weighted by Crippen LogP contribution is 1.91. The second kappa shape index (κ2) is 2.52. The minimum atomic E-state index is -0.912. The van der Waals surface area contributed by atoms with Gasteiger partial charge in [-0.2, -0.15) is 0 Å². The lowest BCUT2D eigenvalue weighted by Gasteiger charge is -1.93. The highest BCUT2D eigenvalue weighted by Gasteiger charge is 2.00. The van der Waals surface area contributed by atoms with Crippen LogP contribution in [0.15, 0.2) is 18.3 Å². The summed E-state index contributed by atoms with van der Waals surface area (Å²) in [6.45, 7) is 0. The van der Waals surface area contributed by atoms with Gasteiger partial charge in [-0.3, -0.25) is 4.98 Å². The molecule has 0 atom stereocenters. The summed E-state index contributed by atoms with van der Waals surface area (Å²) in [5.74, 6) is -0.912. The number of hydrogen-bond donors (Lipinski definition) is 1. The summed E-state index contributed by atoms with van der Waals surface area (Å²) in [6.07, 6.45) is 1.48. The van der Waals surface area contributed by atoms with E-state index in [1.807, 2.05) is 0 Å². The van der Waals surface area contributed by atoms with Crippen LogP contribution in [-0.4, -0.2) is 23.9 Å². The summed E-state index contributed by atoms with van der Waals surface area (Å²) in [5.41, 5.74) is 1.01. The van der Waals surface area contributed by atoms with Crippen LogP contribution in [0.1, 0.15) is 10.4 Å². The minimum Gasteiger partial charge on any atom is -0.478 e. The summed E-state index contributed by atoms with van der Waals surface area (Å²) in [6, 6.07) is 3.00. The molecule has 0 aliphatic rings. The molecule has 0 bridgehead atoms. The van der Waals surface area contributed by atoms with Crippen molar-refractivity contribution >= 4 is 19.4 Å². The Morgan fingerprint density at radius 3 is 2.80 bits per heavy atom. The Morgan fingerprint density at radius 1 is 1.70 bits per heavy atom. The Labute approximate surface area is 59.1 Å². The average Bonchev–Trinajstić information content (AvgIpc) is 1.88. The maximum atomic E-state index is 10.3. The second-order valence-corrected chi connectivity index (χ2v) is 1.99. The molecule has 1 aromatic rings. The van der Waals surface area contributed by atoms with Crippen molar-refractivity contribution in [1.82, 2.24) is 4.98 Å². The van der Waals surface area contributed by atoms with Crippen molar-refractivity contribution in [3.8, 4) is 0 Å². The molecule has 3 nitrogen and oxygen atoms in total. The zero-order chi connectivity index (χ0) is 7.56. The fourth-order valence-corrected chi connectivity index (χ4v) is 0.679. The van der Waals surface area contributed by atoms with E-state index in [1.54, 1.807) is 7.85 Å². The molecule has 1 rings (SSSR count). The van der Waals surface area contributed by atoms with Crippen LogP contribution in [0.4, 0.5) is 0 Å². The number of aromatic carboxylic acids is 1. The van der Waals surface area contributed by atoms with Crippen molar-refractivity contribution in [2.45, 2.75) is 0 Å². The maximum Gasteiger partial charge on any atom is 0.335 e. The van der Waals surface area contributed by atoms with Crippen LogP contribution >= 0.6 is 0 Å². The molecule has 0 unspecified atom stereocenters. The number of nitrogens with zero attached hydrogens (tertiary/aromatic N) is 1. The third kappa shape index (κ3) is 1.34. The molecule has 0 radical (unpaired) electrons. The predicted octanol–water partition coefficient (Wildman–Crippen LogP) is -0.962. The minimum absolute atomic E-state index is 0.285. The summed E-state index contributed by atoms with van der Waals surface area (Å²) < 4.78 is 0. The zero-order valence-corrected chi connectivity index (χ0v) is 5.53. The van der Waals surface area contributed by atoms with E-state index in [0.29, 0.717) is 0 Å². The van der Waals surface area contributed by atoms with Gasteiger partial charge in [0.15, 0.2) is 7.85 Å². The smallest absolute Gasteiger partial charge is 0.335 e. The molecule has 0 fully saturated rings. The molecule has 0 aromatic carbocycles. The molecule has 1 heterocycles. The standard InChI is InChI=1S/C6H6BNO2/c7-5-3-4(6(9)10)1-2-8-5/h1-3H,7H2,(H,9,10). The van der Waals surface area contributed by atoms with Gasteiger partial charge in [0, 0.05) is 6.20 Å². The Bertz CT molecular complexity index is 262. The van der Waals surface area contributed by atoms with Crippen LogP contribution in [-0.2, 0) is 0 Å². The van der Waals surface area contributed by atoms with Crippen LogP contribution in [0.3, 0.4) is 0 Å². The lowest BCUT2D eigenvalue weighted by atomic mass is 10.0. The molecule has 50 valence electrons. The Balaban J connectivity index is 3.07. The first-order valence-corrected chi connectivity index (χ1v) is 2.86. The molecule has 1 N–H and O–H groups in total. The molecule has 0 saturated carbocycles. The molecule has 4 heteroatoms. The number of aromatic nitrogens is 1. The van der Waals surface area contributed by atoms with E-state index in [1.165, 1.54) is 18.3 Å². The van der Waals surface area contributed by atoms with Crippen LogP contribution in [0.2, 0.25) is 0 Å². The summed E-state index contributed by atoms with van der Waals surface area (Å²) >= 11 is 0. The van der Waals surface area contributed by atoms with Gasteiger partial charge in [0.1, 0.15) is 0 Å². The first-order valence-electron chi connectivity index (χ1n) is 2.86. The second-order valence-electron chi connectivity index (χ2n) is 1.99. The first kappa shape index (κ1) is 6.80. The van der Waals surface area contributed by atoms with Gasteiger partial charge in [-0.1, -0.05) is 0 Å². The van der Waals surface area contributed by atoms with Crippen molar-refractivity contribution in [3.63, 3.8) is 0 Å². The van der Waals surface area contributed by atoms with Crippen LogP contribution in [0, 0.1) is 0 Å². The van der Waals surface area contributed by atoms with Crippen LogP contribution in [0.25, 0.3) is 0 Å². The average molecular weight is 135 g/mol. The van der Waals surface area contributed by atoms with Crippen LogP contribution in [0.5, 0.6) is 0 Å². The van der Waals surface area contributed by atoms with E-state index in [2.05, 4.69) is 4.98 Å². The topological polar surface area (TPSA) is 50.2 Å². The molecule has 10 heavy (non-hydrogen) atoms.